The molecule has 2 N–H and O–H groups in total. The molecule has 0 spiro atoms. The van der Waals surface area contributed by atoms with E-state index in [1.54, 1.807) is 21.0 Å². The molecule has 0 saturated heterocycles. The SMILES string of the molecule is COCc1cccc(-c2ccc(O)c3c2C[C@]2(C)C[C@]4(C)CC(C)=C(C(C)=O)C(=O)[C@@]4(C)C(=O)C2=C3O)c1. The van der Waals surface area contributed by atoms with Gasteiger partial charge in [-0.15, -0.1) is 0 Å². The highest BCUT2D eigenvalue weighted by Gasteiger charge is 2.67. The lowest BCUT2D eigenvalue weighted by Crippen LogP contribution is -2.61. The number of ketones is 3. The third-order valence-corrected chi connectivity index (χ3v) is 9.27. The molecule has 3 aliphatic carbocycles. The van der Waals surface area contributed by atoms with Gasteiger partial charge in [0, 0.05) is 18.1 Å². The summed E-state index contributed by atoms with van der Waals surface area (Å²) in [4.78, 5) is 40.6. The zero-order valence-corrected chi connectivity index (χ0v) is 22.8. The number of aliphatic hydroxyl groups excluding tert-OH is 1. The number of carbonyl (C=O) groups is 3. The Labute approximate surface area is 223 Å². The maximum Gasteiger partial charge on any atom is 0.180 e. The number of Topliss-reactive ketones (excluding diaryl/α,β-unsaturated/α-hetero) is 3. The Kier molecular flexibility index (Phi) is 5.84. The van der Waals surface area contributed by atoms with Crippen LogP contribution < -0.4 is 0 Å². The van der Waals surface area contributed by atoms with Crippen molar-refractivity contribution in [3.05, 3.63) is 69.8 Å². The van der Waals surface area contributed by atoms with Crippen LogP contribution in [0.3, 0.4) is 0 Å². The van der Waals surface area contributed by atoms with Crippen LogP contribution in [-0.4, -0.2) is 34.7 Å². The van der Waals surface area contributed by atoms with Crippen LogP contribution in [0.5, 0.6) is 5.75 Å². The number of ether oxygens (including phenoxy) is 1. The van der Waals surface area contributed by atoms with Crippen LogP contribution in [0.25, 0.3) is 16.9 Å². The van der Waals surface area contributed by atoms with Gasteiger partial charge in [0.05, 0.1) is 23.2 Å². The highest BCUT2D eigenvalue weighted by Crippen LogP contribution is 2.65. The molecule has 198 valence electrons. The van der Waals surface area contributed by atoms with E-state index >= 15 is 0 Å². The number of aromatic hydroxyl groups is 1. The van der Waals surface area contributed by atoms with Gasteiger partial charge >= 0.3 is 0 Å². The summed E-state index contributed by atoms with van der Waals surface area (Å²) < 4.78 is 5.30. The van der Waals surface area contributed by atoms with Gasteiger partial charge in [-0.2, -0.15) is 0 Å². The van der Waals surface area contributed by atoms with Crippen molar-refractivity contribution < 1.29 is 29.3 Å². The van der Waals surface area contributed by atoms with Crippen molar-refractivity contribution in [2.24, 2.45) is 16.2 Å². The van der Waals surface area contributed by atoms with Crippen molar-refractivity contribution in [2.45, 2.75) is 60.5 Å². The van der Waals surface area contributed by atoms with Gasteiger partial charge in [-0.3, -0.25) is 14.4 Å². The first-order valence-corrected chi connectivity index (χ1v) is 13.0. The molecule has 0 radical (unpaired) electrons. The molecule has 0 unspecified atom stereocenters. The van der Waals surface area contributed by atoms with Gasteiger partial charge in [0.15, 0.2) is 17.3 Å². The smallest absolute Gasteiger partial charge is 0.180 e. The molecule has 6 heteroatoms. The van der Waals surface area contributed by atoms with E-state index in [0.717, 1.165) is 22.3 Å². The lowest BCUT2D eigenvalue weighted by Gasteiger charge is -2.58. The Morgan fingerprint density at radius 1 is 1.03 bits per heavy atom. The van der Waals surface area contributed by atoms with E-state index in [1.807, 2.05) is 44.2 Å². The lowest BCUT2D eigenvalue weighted by molar-refractivity contribution is -0.152. The van der Waals surface area contributed by atoms with Crippen molar-refractivity contribution in [1.82, 2.24) is 0 Å². The second-order valence-electron chi connectivity index (χ2n) is 12.0. The Bertz CT molecular complexity index is 1490. The predicted octanol–water partition coefficient (Wildman–Crippen LogP) is 5.90. The normalized spacial score (nSPS) is 28.7. The molecule has 1 saturated carbocycles. The van der Waals surface area contributed by atoms with Crippen LogP contribution in [0.15, 0.2) is 53.1 Å². The van der Waals surface area contributed by atoms with Crippen LogP contribution >= 0.6 is 0 Å². The minimum absolute atomic E-state index is 0.0966. The molecule has 3 atom stereocenters. The van der Waals surface area contributed by atoms with Gasteiger partial charge in [0.2, 0.25) is 0 Å². The van der Waals surface area contributed by atoms with Gasteiger partial charge in [0.1, 0.15) is 11.5 Å². The second-order valence-corrected chi connectivity index (χ2v) is 12.0. The lowest BCUT2D eigenvalue weighted by atomic mass is 9.42. The molecule has 38 heavy (non-hydrogen) atoms. The number of benzene rings is 2. The largest absolute Gasteiger partial charge is 0.507 e. The topological polar surface area (TPSA) is 101 Å². The fourth-order valence-electron chi connectivity index (χ4n) is 7.53. The summed E-state index contributed by atoms with van der Waals surface area (Å²) >= 11 is 0. The van der Waals surface area contributed by atoms with Crippen LogP contribution in [0.4, 0.5) is 0 Å². The number of phenols is 1. The number of allylic oxidation sites excluding steroid dienone is 3. The van der Waals surface area contributed by atoms with Gasteiger partial charge in [-0.25, -0.2) is 0 Å². The molecule has 0 amide bonds. The third-order valence-electron chi connectivity index (χ3n) is 9.27. The number of aliphatic hydroxyl groups is 1. The summed E-state index contributed by atoms with van der Waals surface area (Å²) in [5.41, 5.74) is 1.75. The maximum atomic E-state index is 14.3. The number of methoxy groups -OCH3 is 1. The van der Waals surface area contributed by atoms with E-state index < -0.39 is 27.8 Å². The highest BCUT2D eigenvalue weighted by atomic mass is 16.5. The Morgan fingerprint density at radius 3 is 2.39 bits per heavy atom. The van der Waals surface area contributed by atoms with E-state index in [9.17, 15) is 24.6 Å². The number of carbonyl (C=O) groups excluding carboxylic acids is 3. The van der Waals surface area contributed by atoms with Crippen molar-refractivity contribution in [2.75, 3.05) is 7.11 Å². The molecule has 0 heterocycles. The minimum Gasteiger partial charge on any atom is -0.507 e. The molecule has 6 nitrogen and oxygen atoms in total. The molecule has 2 aromatic rings. The van der Waals surface area contributed by atoms with Gasteiger partial charge < -0.3 is 14.9 Å². The van der Waals surface area contributed by atoms with Gasteiger partial charge in [-0.1, -0.05) is 43.7 Å². The number of phenolic OH excluding ortho intramolecular Hbond substituents is 1. The quantitative estimate of drug-likeness (QED) is 0.389. The van der Waals surface area contributed by atoms with Crippen molar-refractivity contribution in [1.29, 1.82) is 0 Å². The van der Waals surface area contributed by atoms with Crippen LogP contribution in [0.2, 0.25) is 0 Å². The van der Waals surface area contributed by atoms with E-state index in [-0.39, 0.29) is 34.0 Å². The van der Waals surface area contributed by atoms with Crippen molar-refractivity contribution in [3.63, 3.8) is 0 Å². The number of fused-ring (bicyclic) bond motifs is 3. The standard InChI is InChI=1S/C32H34O6/c1-17-13-31(4)16-30(3)14-22-21(20-9-7-8-19(12-20)15-38-6)10-11-23(34)25(22)27(35)26(30)29(37)32(31,5)28(36)24(17)18(2)33/h7-12,34-35H,13-16H2,1-6H3/t30-,31+,32+/m1/s1. The summed E-state index contributed by atoms with van der Waals surface area (Å²) in [6.45, 7) is 9.15. The van der Waals surface area contributed by atoms with Crippen molar-refractivity contribution >= 4 is 23.1 Å². The average molecular weight is 515 g/mol. The number of rotatable bonds is 4. The second kappa shape index (κ2) is 8.50. The molecule has 3 aliphatic rings. The van der Waals surface area contributed by atoms with Crippen LogP contribution in [0.1, 0.15) is 64.2 Å². The Morgan fingerprint density at radius 2 is 1.74 bits per heavy atom. The first kappa shape index (κ1) is 26.1. The average Bonchev–Trinajstić information content (AvgIpc) is 2.81. The zero-order chi connectivity index (χ0) is 27.8. The molecular formula is C32H34O6. The van der Waals surface area contributed by atoms with E-state index in [0.29, 0.717) is 31.4 Å². The maximum absolute atomic E-state index is 14.3. The van der Waals surface area contributed by atoms with E-state index in [1.165, 1.54) is 13.0 Å². The molecule has 1 fully saturated rings. The fourth-order valence-corrected chi connectivity index (χ4v) is 7.53. The predicted molar refractivity (Wildman–Crippen MR) is 144 cm³/mol. The molecule has 0 aliphatic heterocycles. The summed E-state index contributed by atoms with van der Waals surface area (Å²) in [5.74, 6) is -1.67. The highest BCUT2D eigenvalue weighted by molar-refractivity contribution is 6.31. The fraction of sp³-hybridized carbons (Fsp3) is 0.406. The molecule has 2 aromatic carbocycles. The first-order chi connectivity index (χ1) is 17.8. The molecular weight excluding hydrogens is 480 g/mol. The number of hydrogen-bond acceptors (Lipinski definition) is 6. The van der Waals surface area contributed by atoms with Crippen molar-refractivity contribution in [3.8, 4) is 16.9 Å². The van der Waals surface area contributed by atoms with Crippen LogP contribution in [0, 0.1) is 16.2 Å². The summed E-state index contributed by atoms with van der Waals surface area (Å²) in [5, 5.41) is 22.6. The first-order valence-electron chi connectivity index (χ1n) is 13.0. The Balaban J connectivity index is 1.74. The monoisotopic (exact) mass is 514 g/mol. The number of hydrogen-bond donors (Lipinski definition) is 2. The van der Waals surface area contributed by atoms with E-state index in [2.05, 4.69) is 0 Å². The molecule has 0 aromatic heterocycles. The van der Waals surface area contributed by atoms with E-state index in [4.69, 9.17) is 4.74 Å². The summed E-state index contributed by atoms with van der Waals surface area (Å²) in [7, 11) is 1.64. The third kappa shape index (κ3) is 3.39. The summed E-state index contributed by atoms with van der Waals surface area (Å²) in [6, 6.07) is 11.3. The minimum atomic E-state index is -1.49. The van der Waals surface area contributed by atoms with Gasteiger partial charge in [0.25, 0.3) is 0 Å². The molecule has 0 bridgehead atoms. The zero-order valence-electron chi connectivity index (χ0n) is 22.8. The van der Waals surface area contributed by atoms with Gasteiger partial charge in [-0.05, 0) is 79.8 Å². The van der Waals surface area contributed by atoms with Crippen LogP contribution in [-0.2, 0) is 32.1 Å². The summed E-state index contributed by atoms with van der Waals surface area (Å²) in [6.07, 6.45) is 1.32. The Hall–Kier alpha value is -3.51. The molecule has 5 rings (SSSR count).